The molecule has 0 radical (unpaired) electrons. The number of halogens is 5. The first kappa shape index (κ1) is 29.4. The second-order valence-corrected chi connectivity index (χ2v) is 9.42. The number of hydrazone groups is 2. The van der Waals surface area contributed by atoms with Crippen molar-refractivity contribution in [3.05, 3.63) is 94.0 Å². The molecule has 1 heterocycles. The minimum atomic E-state index is -4.80. The maximum absolute atomic E-state index is 12.6. The number of benzene rings is 3. The zero-order valence-corrected chi connectivity index (χ0v) is 22.6. The number of nitrogens with two attached hydrogens (primary N) is 1. The Bertz CT molecular complexity index is 1550. The van der Waals surface area contributed by atoms with Crippen LogP contribution in [0.15, 0.2) is 83.0 Å². The lowest BCUT2D eigenvalue weighted by Gasteiger charge is -2.11. The highest BCUT2D eigenvalue weighted by molar-refractivity contribution is 6.35. The zero-order chi connectivity index (χ0) is 29.6. The van der Waals surface area contributed by atoms with Crippen molar-refractivity contribution in [3.63, 3.8) is 0 Å². The van der Waals surface area contributed by atoms with Gasteiger partial charge in [0.2, 0.25) is 0 Å². The van der Waals surface area contributed by atoms with E-state index in [9.17, 15) is 18.0 Å². The number of ether oxygens (including phenoxy) is 1. The Kier molecular flexibility index (Phi) is 9.15. The van der Waals surface area contributed by atoms with Gasteiger partial charge in [0.05, 0.1) is 24.5 Å². The third-order valence-corrected chi connectivity index (χ3v) is 6.00. The van der Waals surface area contributed by atoms with Crippen LogP contribution in [0.25, 0.3) is 22.5 Å². The summed E-state index contributed by atoms with van der Waals surface area (Å²) < 4.78 is 43.6. The highest BCUT2D eigenvalue weighted by Crippen LogP contribution is 2.32. The molecule has 1 aromatic heterocycles. The average Bonchev–Trinajstić information content (AvgIpc) is 3.33. The van der Waals surface area contributed by atoms with E-state index in [0.717, 1.165) is 5.56 Å². The fourth-order valence-corrected chi connectivity index (χ4v) is 4.31. The predicted molar refractivity (Wildman–Crippen MR) is 152 cm³/mol. The molecule has 0 fully saturated rings. The second kappa shape index (κ2) is 12.7. The molecule has 4 N–H and O–H groups in total. The van der Waals surface area contributed by atoms with Crippen molar-refractivity contribution in [2.45, 2.75) is 12.9 Å². The molecule has 0 saturated carbocycles. The van der Waals surface area contributed by atoms with E-state index >= 15 is 0 Å². The number of alkyl halides is 3. The second-order valence-electron chi connectivity index (χ2n) is 8.54. The molecule has 0 aliphatic rings. The number of amides is 1. The molecule has 0 saturated heterocycles. The van der Waals surface area contributed by atoms with Crippen molar-refractivity contribution in [2.75, 3.05) is 6.54 Å². The number of rotatable bonds is 10. The standard InChI is InChI=1S/C27H22Cl2F3N7O2/c1-34-38-36-25(33)14-35-26(40)18-4-2-16(3-5-18)15-39-24(17-6-8-22(9-7-17)41-27(30,31)32)13-23(37-39)19-10-20(28)12-21(29)11-19/h2-13,38H,1,14-15H2,(H2,33,36)(H,35,40). The summed E-state index contributed by atoms with van der Waals surface area (Å²) in [5, 5.41) is 15.2. The van der Waals surface area contributed by atoms with Gasteiger partial charge in [-0.3, -0.25) is 9.48 Å². The summed E-state index contributed by atoms with van der Waals surface area (Å²) in [7, 11) is 0. The summed E-state index contributed by atoms with van der Waals surface area (Å²) in [4.78, 5) is 12.5. The first-order valence-corrected chi connectivity index (χ1v) is 12.6. The monoisotopic (exact) mass is 603 g/mol. The lowest BCUT2D eigenvalue weighted by Crippen LogP contribution is -2.34. The molecule has 0 spiro atoms. The largest absolute Gasteiger partial charge is 0.573 e. The van der Waals surface area contributed by atoms with Crippen LogP contribution >= 0.6 is 23.2 Å². The number of hydrogen-bond donors (Lipinski definition) is 3. The van der Waals surface area contributed by atoms with Crippen molar-refractivity contribution >= 4 is 41.7 Å². The molecule has 41 heavy (non-hydrogen) atoms. The lowest BCUT2D eigenvalue weighted by atomic mass is 10.1. The molecule has 1 amide bonds. The van der Waals surface area contributed by atoms with Crippen LogP contribution in [-0.4, -0.2) is 41.1 Å². The lowest BCUT2D eigenvalue weighted by molar-refractivity contribution is -0.274. The van der Waals surface area contributed by atoms with Gasteiger partial charge in [0.1, 0.15) is 11.6 Å². The first-order chi connectivity index (χ1) is 19.5. The van der Waals surface area contributed by atoms with Gasteiger partial charge in [-0.1, -0.05) is 35.3 Å². The van der Waals surface area contributed by atoms with Crippen molar-refractivity contribution in [1.82, 2.24) is 20.6 Å². The maximum Gasteiger partial charge on any atom is 0.573 e. The van der Waals surface area contributed by atoms with E-state index in [0.29, 0.717) is 38.1 Å². The predicted octanol–water partition coefficient (Wildman–Crippen LogP) is 5.68. The van der Waals surface area contributed by atoms with Crippen molar-refractivity contribution in [3.8, 4) is 28.3 Å². The number of nitrogens with one attached hydrogen (secondary N) is 2. The molecule has 212 valence electrons. The smallest absolute Gasteiger partial charge is 0.406 e. The van der Waals surface area contributed by atoms with Gasteiger partial charge in [-0.05, 0) is 66.2 Å². The molecule has 4 rings (SSSR count). The number of amidine groups is 1. The summed E-state index contributed by atoms with van der Waals surface area (Å²) >= 11 is 12.4. The minimum Gasteiger partial charge on any atom is -0.406 e. The van der Waals surface area contributed by atoms with Crippen LogP contribution in [0.1, 0.15) is 15.9 Å². The number of carbonyl (C=O) groups excluding carboxylic acids is 1. The molecule has 0 aliphatic heterocycles. The van der Waals surface area contributed by atoms with Crippen molar-refractivity contribution in [1.29, 1.82) is 0 Å². The molecule has 14 heteroatoms. The fourth-order valence-electron chi connectivity index (χ4n) is 3.79. The van der Waals surface area contributed by atoms with Gasteiger partial charge in [-0.25, -0.2) is 0 Å². The summed E-state index contributed by atoms with van der Waals surface area (Å²) in [5.74, 6) is -0.588. The van der Waals surface area contributed by atoms with Gasteiger partial charge in [0.15, 0.2) is 0 Å². The molecular formula is C27H22Cl2F3N7O2. The molecule has 0 bridgehead atoms. The Morgan fingerprint density at radius 3 is 2.27 bits per heavy atom. The van der Waals surface area contributed by atoms with Crippen LogP contribution < -0.4 is 21.3 Å². The van der Waals surface area contributed by atoms with Crippen molar-refractivity contribution < 1.29 is 22.7 Å². The van der Waals surface area contributed by atoms with E-state index in [1.165, 1.54) is 24.3 Å². The normalized spacial score (nSPS) is 11.7. The van der Waals surface area contributed by atoms with E-state index in [2.05, 4.69) is 32.5 Å². The van der Waals surface area contributed by atoms with E-state index in [4.69, 9.17) is 34.0 Å². The quantitative estimate of drug-likeness (QED) is 0.122. The molecule has 0 unspecified atom stereocenters. The number of hydrogen-bond acceptors (Lipinski definition) is 6. The van der Waals surface area contributed by atoms with E-state index in [1.54, 1.807) is 53.2 Å². The summed E-state index contributed by atoms with van der Waals surface area (Å²) in [5.41, 5.74) is 11.5. The molecular weight excluding hydrogens is 582 g/mol. The van der Waals surface area contributed by atoms with Gasteiger partial charge >= 0.3 is 6.36 Å². The van der Waals surface area contributed by atoms with Crippen molar-refractivity contribution in [2.24, 2.45) is 15.9 Å². The molecule has 4 aromatic rings. The summed E-state index contributed by atoms with van der Waals surface area (Å²) in [6, 6.07) is 19.1. The maximum atomic E-state index is 12.6. The third-order valence-electron chi connectivity index (χ3n) is 5.56. The van der Waals surface area contributed by atoms with E-state index in [1.807, 2.05) is 0 Å². The van der Waals surface area contributed by atoms with Crippen LogP contribution in [-0.2, 0) is 6.54 Å². The number of aromatic nitrogens is 2. The third kappa shape index (κ3) is 8.22. The number of carbonyl (C=O) groups is 1. The SMILES string of the molecule is C=NN/N=C(\N)CNC(=O)c1ccc(Cn2nc(-c3cc(Cl)cc(Cl)c3)cc2-c2ccc(OC(F)(F)F)cc2)cc1. The van der Waals surface area contributed by atoms with Gasteiger partial charge in [-0.2, -0.15) is 15.7 Å². The Hall–Kier alpha value is -4.55. The van der Waals surface area contributed by atoms with E-state index < -0.39 is 6.36 Å². The van der Waals surface area contributed by atoms with Gasteiger partial charge in [0, 0.05) is 33.5 Å². The summed E-state index contributed by atoms with van der Waals surface area (Å²) in [6.07, 6.45) is -4.80. The summed E-state index contributed by atoms with van der Waals surface area (Å²) in [6.45, 7) is 3.49. The molecule has 0 atom stereocenters. The Morgan fingerprint density at radius 2 is 1.66 bits per heavy atom. The fraction of sp³-hybridized carbons (Fsp3) is 0.111. The van der Waals surface area contributed by atoms with E-state index in [-0.39, 0.29) is 30.6 Å². The van der Waals surface area contributed by atoms with Crippen LogP contribution in [0.5, 0.6) is 5.75 Å². The van der Waals surface area contributed by atoms with Crippen LogP contribution in [0, 0.1) is 0 Å². The first-order valence-electron chi connectivity index (χ1n) is 11.8. The molecule has 3 aromatic carbocycles. The van der Waals surface area contributed by atoms with Gasteiger partial charge in [-0.15, -0.1) is 18.3 Å². The number of nitrogens with zero attached hydrogens (tertiary/aromatic N) is 4. The van der Waals surface area contributed by atoms with Gasteiger partial charge < -0.3 is 15.8 Å². The average molecular weight is 604 g/mol. The van der Waals surface area contributed by atoms with Gasteiger partial charge in [0.25, 0.3) is 5.91 Å². The van der Waals surface area contributed by atoms with Crippen LogP contribution in [0.4, 0.5) is 13.2 Å². The minimum absolute atomic E-state index is 0.00283. The Balaban J connectivity index is 1.60. The molecule has 9 nitrogen and oxygen atoms in total. The highest BCUT2D eigenvalue weighted by atomic mass is 35.5. The Morgan fingerprint density at radius 1 is 1.00 bits per heavy atom. The molecule has 0 aliphatic carbocycles. The zero-order valence-electron chi connectivity index (χ0n) is 21.1. The Labute approximate surface area is 242 Å². The van der Waals surface area contributed by atoms with Crippen LogP contribution in [0.2, 0.25) is 10.0 Å². The topological polar surface area (TPSA) is 119 Å². The van der Waals surface area contributed by atoms with Crippen LogP contribution in [0.3, 0.4) is 0 Å². The highest BCUT2D eigenvalue weighted by Gasteiger charge is 2.31.